The van der Waals surface area contributed by atoms with E-state index < -0.39 is 20.1 Å². The van der Waals surface area contributed by atoms with Crippen molar-refractivity contribution >= 4 is 53.2 Å². The van der Waals surface area contributed by atoms with E-state index >= 15 is 0 Å². The molecule has 9 rings (SSSR count). The summed E-state index contributed by atoms with van der Waals surface area (Å²) in [6.45, 7) is 0. The summed E-state index contributed by atoms with van der Waals surface area (Å²) in [6.07, 6.45) is 16.0. The van der Waals surface area contributed by atoms with Crippen molar-refractivity contribution in [2.75, 3.05) is 11.5 Å². The molecule has 3 saturated carbocycles. The fourth-order valence-electron chi connectivity index (χ4n) is 7.70. The van der Waals surface area contributed by atoms with Gasteiger partial charge in [-0.25, -0.2) is 32.1 Å². The van der Waals surface area contributed by atoms with Gasteiger partial charge in [-0.05, 0) is 88.2 Å². The van der Waals surface area contributed by atoms with Crippen LogP contribution in [0.25, 0.3) is 33.1 Å². The molecule has 18 heteroatoms. The van der Waals surface area contributed by atoms with E-state index in [1.807, 2.05) is 24.5 Å². The third-order valence-electron chi connectivity index (χ3n) is 10.3. The molecule has 0 bridgehead atoms. The van der Waals surface area contributed by atoms with Crippen LogP contribution in [0.2, 0.25) is 0 Å². The average molecular weight is 710 g/mol. The third-order valence-corrected chi connectivity index (χ3v) is 12.8. The number of nitrogens with one attached hydrogen (secondary N) is 3. The molecule has 6 aromatic heterocycles. The number of H-pyrrole nitrogens is 2. The molecule has 0 aromatic carbocycles. The zero-order valence-electron chi connectivity index (χ0n) is 26.8. The minimum atomic E-state index is -3.90. The molecule has 0 aliphatic heterocycles. The van der Waals surface area contributed by atoms with Gasteiger partial charge in [0.2, 0.25) is 10.0 Å². The van der Waals surface area contributed by atoms with Gasteiger partial charge in [0, 0.05) is 41.0 Å². The van der Waals surface area contributed by atoms with Crippen LogP contribution in [0.15, 0.2) is 37.2 Å². The minimum absolute atomic E-state index is 0.0250. The number of sulfonamides is 1. The average Bonchev–Trinajstić information content (AvgIpc) is 3.52. The van der Waals surface area contributed by atoms with Gasteiger partial charge in [-0.1, -0.05) is 10.4 Å². The maximum absolute atomic E-state index is 12.2. The second kappa shape index (κ2) is 12.7. The monoisotopic (exact) mass is 709 g/mol. The summed E-state index contributed by atoms with van der Waals surface area (Å²) in [7, 11) is -7.04. The van der Waals surface area contributed by atoms with Crippen LogP contribution in [0.5, 0.6) is 0 Å². The number of aromatic amines is 2. The molecule has 16 nitrogen and oxygen atoms in total. The van der Waals surface area contributed by atoms with E-state index in [0.717, 1.165) is 109 Å². The van der Waals surface area contributed by atoms with E-state index in [1.54, 1.807) is 21.7 Å². The molecule has 0 radical (unpaired) electrons. The topological polar surface area (TPSA) is 218 Å². The predicted octanol–water partition coefficient (Wildman–Crippen LogP) is 3.73. The van der Waals surface area contributed by atoms with Gasteiger partial charge in [0.25, 0.3) is 10.1 Å². The van der Waals surface area contributed by atoms with Gasteiger partial charge in [0.1, 0.15) is 35.0 Å². The van der Waals surface area contributed by atoms with Crippen molar-refractivity contribution in [2.24, 2.45) is 11.8 Å². The van der Waals surface area contributed by atoms with Crippen LogP contribution >= 0.6 is 0 Å². The largest absolute Gasteiger partial charge is 0.346 e. The van der Waals surface area contributed by atoms with Crippen molar-refractivity contribution < 1.29 is 21.4 Å². The highest BCUT2D eigenvalue weighted by molar-refractivity contribution is 7.89. The van der Waals surface area contributed by atoms with Gasteiger partial charge in [-0.3, -0.25) is 4.55 Å². The van der Waals surface area contributed by atoms with Crippen molar-refractivity contribution in [2.45, 2.75) is 82.1 Å². The van der Waals surface area contributed by atoms with Gasteiger partial charge >= 0.3 is 0 Å². The molecule has 3 aliphatic carbocycles. The third kappa shape index (κ3) is 6.91. The van der Waals surface area contributed by atoms with Crippen LogP contribution in [0.4, 0.5) is 0 Å². The standard InChI is InChI=1S/C17H22N6O2S.C14H17N5O3S/c24-26(25,21-13-5-6-13)9-11-1-3-12(4-2-11)15-16-14-7-8-18-17(14)19-10-23(16)22-20-15;20-23(21,22)7-9-1-3-10(4-2-9)12-13-11-5-6-15-14(11)16-8-19(13)18-17-12/h7-8,10-13,18,21H,1-6,9H2;5-6,8-10,15H,1-4,7H2,(H,20,21,22). The molecule has 49 heavy (non-hydrogen) atoms. The molecule has 0 unspecified atom stereocenters. The first-order chi connectivity index (χ1) is 23.6. The van der Waals surface area contributed by atoms with Gasteiger partial charge in [0.15, 0.2) is 0 Å². The highest BCUT2D eigenvalue weighted by Crippen LogP contribution is 2.39. The SMILES string of the molecule is O=S(=O)(CC1CCC(c2nnn3cnc4[nH]ccc4c23)CC1)NC1CC1.O=S(=O)(O)CC1CCC(c2nnn3cnc4[nH]ccc4c23)CC1. The van der Waals surface area contributed by atoms with E-state index in [4.69, 9.17) is 4.55 Å². The summed E-state index contributed by atoms with van der Waals surface area (Å²) in [4.78, 5) is 14.9. The zero-order chi connectivity index (χ0) is 33.8. The Kier molecular flexibility index (Phi) is 8.36. The number of hydrogen-bond donors (Lipinski definition) is 4. The molecule has 4 N–H and O–H groups in total. The quantitative estimate of drug-likeness (QED) is 0.167. The van der Waals surface area contributed by atoms with Crippen molar-refractivity contribution in [1.82, 2.24) is 54.3 Å². The van der Waals surface area contributed by atoms with Crippen molar-refractivity contribution in [3.05, 3.63) is 48.6 Å². The first kappa shape index (κ1) is 32.2. The molecule has 6 aromatic rings. The second-order valence-corrected chi connectivity index (χ2v) is 17.2. The van der Waals surface area contributed by atoms with Crippen molar-refractivity contribution in [1.29, 1.82) is 0 Å². The fraction of sp³-hybridized carbons (Fsp3) is 0.548. The Balaban J connectivity index is 0.000000143. The molecule has 0 spiro atoms. The number of fused-ring (bicyclic) bond motifs is 6. The Morgan fingerprint density at radius 1 is 0.694 bits per heavy atom. The van der Waals surface area contributed by atoms with Crippen LogP contribution in [-0.4, -0.2) is 88.5 Å². The van der Waals surface area contributed by atoms with Crippen LogP contribution in [-0.2, 0) is 20.1 Å². The zero-order valence-corrected chi connectivity index (χ0v) is 28.4. The lowest BCUT2D eigenvalue weighted by atomic mass is 9.81. The summed E-state index contributed by atoms with van der Waals surface area (Å²) >= 11 is 0. The first-order valence-corrected chi connectivity index (χ1v) is 20.2. The summed E-state index contributed by atoms with van der Waals surface area (Å²) < 4.78 is 61.7. The summed E-state index contributed by atoms with van der Waals surface area (Å²) in [6, 6.07) is 4.16. The molecule has 6 heterocycles. The maximum atomic E-state index is 12.2. The Labute approximate surface area is 282 Å². The van der Waals surface area contributed by atoms with Crippen LogP contribution in [0, 0.1) is 11.8 Å². The molecular formula is C31H39N11O5S2. The first-order valence-electron chi connectivity index (χ1n) is 16.9. The smallest absolute Gasteiger partial charge is 0.265 e. The molecule has 0 amide bonds. The molecule has 0 saturated heterocycles. The van der Waals surface area contributed by atoms with E-state index in [9.17, 15) is 16.8 Å². The molecular weight excluding hydrogens is 671 g/mol. The van der Waals surface area contributed by atoms with Crippen LogP contribution in [0.3, 0.4) is 0 Å². The Bertz CT molecular complexity index is 2330. The van der Waals surface area contributed by atoms with E-state index in [1.165, 1.54) is 0 Å². The highest BCUT2D eigenvalue weighted by atomic mass is 32.2. The van der Waals surface area contributed by atoms with Gasteiger partial charge in [-0.15, -0.1) is 10.2 Å². The van der Waals surface area contributed by atoms with E-state index in [2.05, 4.69) is 45.3 Å². The summed E-state index contributed by atoms with van der Waals surface area (Å²) in [5.74, 6) is 0.947. The highest BCUT2D eigenvalue weighted by Gasteiger charge is 2.33. The number of aromatic nitrogens is 10. The lowest BCUT2D eigenvalue weighted by molar-refractivity contribution is 0.339. The van der Waals surface area contributed by atoms with Crippen LogP contribution in [0.1, 0.15) is 87.4 Å². The normalized spacial score (nSPS) is 23.7. The fourth-order valence-corrected chi connectivity index (χ4v) is 10.4. The molecule has 3 aliphatic rings. The number of hydrogen-bond acceptors (Lipinski definition) is 10. The van der Waals surface area contributed by atoms with Gasteiger partial charge in [0.05, 0.1) is 22.9 Å². The predicted molar refractivity (Wildman–Crippen MR) is 181 cm³/mol. The number of rotatable bonds is 8. The van der Waals surface area contributed by atoms with Gasteiger partial charge in [-0.2, -0.15) is 8.42 Å². The lowest BCUT2D eigenvalue weighted by Gasteiger charge is -2.27. The Morgan fingerprint density at radius 2 is 1.16 bits per heavy atom. The molecule has 3 fully saturated rings. The van der Waals surface area contributed by atoms with Crippen molar-refractivity contribution in [3.63, 3.8) is 0 Å². The summed E-state index contributed by atoms with van der Waals surface area (Å²) in [5.41, 5.74) is 5.59. The van der Waals surface area contributed by atoms with Crippen LogP contribution < -0.4 is 4.72 Å². The number of nitrogens with zero attached hydrogens (tertiary/aromatic N) is 8. The van der Waals surface area contributed by atoms with Crippen molar-refractivity contribution in [3.8, 4) is 0 Å². The van der Waals surface area contributed by atoms with E-state index in [0.29, 0.717) is 5.92 Å². The Morgan fingerprint density at radius 3 is 1.61 bits per heavy atom. The molecule has 260 valence electrons. The van der Waals surface area contributed by atoms with E-state index in [-0.39, 0.29) is 35.3 Å². The second-order valence-electron chi connectivity index (χ2n) is 13.9. The Hall–Kier alpha value is -4.00. The van der Waals surface area contributed by atoms with Gasteiger partial charge < -0.3 is 9.97 Å². The minimum Gasteiger partial charge on any atom is -0.346 e. The molecule has 0 atom stereocenters. The maximum Gasteiger partial charge on any atom is 0.265 e. The lowest BCUT2D eigenvalue weighted by Crippen LogP contribution is -2.32. The summed E-state index contributed by atoms with van der Waals surface area (Å²) in [5, 5.41) is 19.2.